The SMILES string of the molecule is Nc1ccc2ccccc2n1.Nc1ncccn1. The fourth-order valence-corrected chi connectivity index (χ4v) is 1.39. The van der Waals surface area contributed by atoms with Crippen molar-refractivity contribution < 1.29 is 0 Å². The van der Waals surface area contributed by atoms with Crippen molar-refractivity contribution in [2.45, 2.75) is 0 Å². The summed E-state index contributed by atoms with van der Waals surface area (Å²) in [4.78, 5) is 11.4. The molecule has 1 aromatic carbocycles. The average molecular weight is 239 g/mol. The van der Waals surface area contributed by atoms with Gasteiger partial charge in [0, 0.05) is 17.8 Å². The Bertz CT molecular complexity index is 624. The molecule has 0 aliphatic carbocycles. The lowest BCUT2D eigenvalue weighted by molar-refractivity contribution is 1.19. The third-order valence-corrected chi connectivity index (χ3v) is 2.21. The second kappa shape index (κ2) is 5.58. The third kappa shape index (κ3) is 3.15. The molecule has 4 N–H and O–H groups in total. The zero-order valence-electron chi connectivity index (χ0n) is 9.69. The van der Waals surface area contributed by atoms with Crippen molar-refractivity contribution >= 4 is 22.7 Å². The first-order chi connectivity index (χ1) is 8.75. The van der Waals surface area contributed by atoms with Gasteiger partial charge in [-0.15, -0.1) is 0 Å². The van der Waals surface area contributed by atoms with E-state index in [2.05, 4.69) is 15.0 Å². The Morgan fingerprint density at radius 1 is 0.778 bits per heavy atom. The molecular weight excluding hydrogens is 226 g/mol. The molecule has 0 saturated heterocycles. The molecule has 0 amide bonds. The number of benzene rings is 1. The van der Waals surface area contributed by atoms with Crippen LogP contribution in [-0.2, 0) is 0 Å². The van der Waals surface area contributed by atoms with Crippen molar-refractivity contribution in [3.8, 4) is 0 Å². The second-order valence-corrected chi connectivity index (χ2v) is 3.54. The summed E-state index contributed by atoms with van der Waals surface area (Å²) >= 11 is 0. The maximum absolute atomic E-state index is 5.51. The van der Waals surface area contributed by atoms with Gasteiger partial charge in [0.2, 0.25) is 5.95 Å². The molecule has 5 nitrogen and oxygen atoms in total. The summed E-state index contributed by atoms with van der Waals surface area (Å²) in [5, 5.41) is 1.13. The van der Waals surface area contributed by atoms with Gasteiger partial charge < -0.3 is 11.5 Å². The molecule has 5 heteroatoms. The fraction of sp³-hybridized carbons (Fsp3) is 0. The lowest BCUT2D eigenvalue weighted by Gasteiger charge is -1.95. The maximum atomic E-state index is 5.51. The molecule has 3 aromatic rings. The summed E-state index contributed by atoms with van der Waals surface area (Å²) in [5.74, 6) is 0.895. The average Bonchev–Trinajstić information content (AvgIpc) is 2.40. The number of nitrogens with zero attached hydrogens (tertiary/aromatic N) is 3. The third-order valence-electron chi connectivity index (χ3n) is 2.21. The Morgan fingerprint density at radius 3 is 2.17 bits per heavy atom. The van der Waals surface area contributed by atoms with E-state index in [1.807, 2.05) is 36.4 Å². The summed E-state index contributed by atoms with van der Waals surface area (Å²) in [6.07, 6.45) is 3.20. The van der Waals surface area contributed by atoms with Gasteiger partial charge in [0.15, 0.2) is 0 Å². The number of hydrogen-bond acceptors (Lipinski definition) is 5. The normalized spacial score (nSPS) is 9.56. The van der Waals surface area contributed by atoms with E-state index in [9.17, 15) is 0 Å². The predicted octanol–water partition coefficient (Wildman–Crippen LogP) is 1.88. The molecule has 0 bridgehead atoms. The number of hydrogen-bond donors (Lipinski definition) is 2. The molecule has 18 heavy (non-hydrogen) atoms. The van der Waals surface area contributed by atoms with Crippen LogP contribution in [0.2, 0.25) is 0 Å². The van der Waals surface area contributed by atoms with Crippen LogP contribution in [0, 0.1) is 0 Å². The molecule has 0 aliphatic rings. The number of fused-ring (bicyclic) bond motifs is 1. The predicted molar refractivity (Wildman–Crippen MR) is 72.6 cm³/mol. The maximum Gasteiger partial charge on any atom is 0.219 e. The first-order valence-corrected chi connectivity index (χ1v) is 5.39. The molecule has 2 aromatic heterocycles. The first kappa shape index (κ1) is 11.8. The van der Waals surface area contributed by atoms with Crippen LogP contribution in [0.1, 0.15) is 0 Å². The number of anilines is 2. The summed E-state index contributed by atoms with van der Waals surface area (Å²) in [5.41, 5.74) is 11.6. The van der Waals surface area contributed by atoms with Gasteiger partial charge in [-0.25, -0.2) is 15.0 Å². The van der Waals surface area contributed by atoms with Gasteiger partial charge >= 0.3 is 0 Å². The highest BCUT2D eigenvalue weighted by Crippen LogP contribution is 2.11. The molecule has 0 spiro atoms. The van der Waals surface area contributed by atoms with Crippen LogP contribution in [0.25, 0.3) is 10.9 Å². The standard InChI is InChI=1S/C9H8N2.C4H5N3/c10-9-6-5-7-3-1-2-4-8(7)11-9;5-4-6-2-1-3-7-4/h1-6H,(H2,10,11);1-3H,(H2,5,6,7). The van der Waals surface area contributed by atoms with Crippen molar-refractivity contribution in [1.29, 1.82) is 0 Å². The molecule has 0 fully saturated rings. The summed E-state index contributed by atoms with van der Waals surface area (Å²) < 4.78 is 0. The summed E-state index contributed by atoms with van der Waals surface area (Å²) in [7, 11) is 0. The first-order valence-electron chi connectivity index (χ1n) is 5.39. The monoisotopic (exact) mass is 239 g/mol. The Balaban J connectivity index is 0.000000149. The molecule has 0 saturated carbocycles. The Labute approximate surface area is 105 Å². The van der Waals surface area contributed by atoms with Crippen molar-refractivity contribution in [3.05, 3.63) is 54.9 Å². The number of nitrogen functional groups attached to an aromatic ring is 2. The highest BCUT2D eigenvalue weighted by atomic mass is 15.0. The van der Waals surface area contributed by atoms with Gasteiger partial charge in [0.05, 0.1) is 5.52 Å². The van der Waals surface area contributed by atoms with Gasteiger partial charge in [0.25, 0.3) is 0 Å². The Hall–Kier alpha value is -2.69. The molecule has 0 unspecified atom stereocenters. The number of pyridine rings is 1. The van der Waals surface area contributed by atoms with E-state index in [1.165, 1.54) is 0 Å². The van der Waals surface area contributed by atoms with Crippen molar-refractivity contribution in [3.63, 3.8) is 0 Å². The zero-order chi connectivity index (χ0) is 12.8. The second-order valence-electron chi connectivity index (χ2n) is 3.54. The van der Waals surface area contributed by atoms with Crippen LogP contribution in [0.5, 0.6) is 0 Å². The molecule has 0 atom stereocenters. The number of para-hydroxylation sites is 1. The molecule has 3 rings (SSSR count). The van der Waals surface area contributed by atoms with Crippen LogP contribution < -0.4 is 11.5 Å². The van der Waals surface area contributed by atoms with E-state index in [1.54, 1.807) is 18.5 Å². The smallest absolute Gasteiger partial charge is 0.219 e. The number of aromatic nitrogens is 3. The van der Waals surface area contributed by atoms with Crippen molar-refractivity contribution in [2.24, 2.45) is 0 Å². The van der Waals surface area contributed by atoms with Gasteiger partial charge in [-0.3, -0.25) is 0 Å². The van der Waals surface area contributed by atoms with Crippen LogP contribution in [-0.4, -0.2) is 15.0 Å². The van der Waals surface area contributed by atoms with Crippen LogP contribution in [0.15, 0.2) is 54.9 Å². The van der Waals surface area contributed by atoms with E-state index in [-0.39, 0.29) is 0 Å². The van der Waals surface area contributed by atoms with E-state index < -0.39 is 0 Å². The molecular formula is C13H13N5. The quantitative estimate of drug-likeness (QED) is 0.625. The van der Waals surface area contributed by atoms with Crippen LogP contribution in [0.4, 0.5) is 11.8 Å². The minimum Gasteiger partial charge on any atom is -0.384 e. The van der Waals surface area contributed by atoms with Gasteiger partial charge in [-0.2, -0.15) is 0 Å². The minimum atomic E-state index is 0.322. The summed E-state index contributed by atoms with van der Waals surface area (Å²) in [6.45, 7) is 0. The van der Waals surface area contributed by atoms with Gasteiger partial charge in [0.1, 0.15) is 5.82 Å². The topological polar surface area (TPSA) is 90.7 Å². The molecule has 0 aliphatic heterocycles. The Kier molecular flexibility index (Phi) is 3.66. The highest BCUT2D eigenvalue weighted by molar-refractivity contribution is 5.79. The zero-order valence-corrected chi connectivity index (χ0v) is 9.69. The number of rotatable bonds is 0. The lowest BCUT2D eigenvalue weighted by Crippen LogP contribution is -1.90. The Morgan fingerprint density at radius 2 is 1.50 bits per heavy atom. The fourth-order valence-electron chi connectivity index (χ4n) is 1.39. The van der Waals surface area contributed by atoms with E-state index in [4.69, 9.17) is 11.5 Å². The van der Waals surface area contributed by atoms with Gasteiger partial charge in [-0.05, 0) is 24.3 Å². The largest absolute Gasteiger partial charge is 0.384 e. The highest BCUT2D eigenvalue weighted by Gasteiger charge is 1.91. The van der Waals surface area contributed by atoms with Gasteiger partial charge in [-0.1, -0.05) is 18.2 Å². The molecule has 90 valence electrons. The van der Waals surface area contributed by atoms with Crippen molar-refractivity contribution in [2.75, 3.05) is 11.5 Å². The minimum absolute atomic E-state index is 0.322. The van der Waals surface area contributed by atoms with Crippen molar-refractivity contribution in [1.82, 2.24) is 15.0 Å². The van der Waals surface area contributed by atoms with Crippen LogP contribution in [0.3, 0.4) is 0 Å². The molecule has 2 heterocycles. The lowest BCUT2D eigenvalue weighted by atomic mass is 10.2. The van der Waals surface area contributed by atoms with Crippen LogP contribution >= 0.6 is 0 Å². The molecule has 0 radical (unpaired) electrons. The van der Waals surface area contributed by atoms with E-state index in [0.29, 0.717) is 11.8 Å². The number of nitrogens with two attached hydrogens (primary N) is 2. The van der Waals surface area contributed by atoms with E-state index >= 15 is 0 Å². The summed E-state index contributed by atoms with van der Waals surface area (Å²) in [6, 6.07) is 13.4. The van der Waals surface area contributed by atoms with E-state index in [0.717, 1.165) is 10.9 Å².